The first kappa shape index (κ1) is 55.5. The van der Waals surface area contributed by atoms with E-state index >= 15 is 0 Å². The van der Waals surface area contributed by atoms with Gasteiger partial charge in [0.1, 0.15) is 89.5 Å². The Hall–Kier alpha value is -1.55. The molecule has 0 radical (unpaired) electrons. The van der Waals surface area contributed by atoms with Gasteiger partial charge in [0.25, 0.3) is 0 Å². The lowest BCUT2D eigenvalue weighted by atomic mass is 10.1. The predicted octanol–water partition coefficient (Wildman–Crippen LogP) is 0.368. The molecule has 0 aromatic heterocycles. The topological polar surface area (TPSA) is 290 Å². The van der Waals surface area contributed by atoms with Gasteiger partial charge in [0.15, 0.2) is 0 Å². The maximum atomic E-state index is 12.3. The molecule has 0 aromatic carbocycles. The van der Waals surface area contributed by atoms with E-state index in [1.165, 1.54) is 12.8 Å². The van der Waals surface area contributed by atoms with Crippen molar-refractivity contribution in [1.82, 2.24) is 0 Å². The molecule has 57 heavy (non-hydrogen) atoms. The number of rotatable bonds is 44. The van der Waals surface area contributed by atoms with E-state index in [4.69, 9.17) is 74.0 Å². The third kappa shape index (κ3) is 37.2. The Morgan fingerprint density at radius 2 is 0.930 bits per heavy atom. The van der Waals surface area contributed by atoms with Gasteiger partial charge in [-0.25, -0.2) is 53.7 Å². The van der Waals surface area contributed by atoms with Crippen LogP contribution in [0.15, 0.2) is 12.2 Å². The second kappa shape index (κ2) is 41.2. The summed E-state index contributed by atoms with van der Waals surface area (Å²) in [5.41, 5.74) is 0. The molecule has 8 N–H and O–H groups in total. The molecule has 0 saturated heterocycles. The van der Waals surface area contributed by atoms with Gasteiger partial charge in [0, 0.05) is 6.42 Å². The first-order valence-electron chi connectivity index (χ1n) is 19.6. The van der Waals surface area contributed by atoms with Crippen LogP contribution in [0.3, 0.4) is 0 Å². The monoisotopic (exact) mass is 838 g/mol. The van der Waals surface area contributed by atoms with Gasteiger partial charge in [0.2, 0.25) is 0 Å². The van der Waals surface area contributed by atoms with Crippen LogP contribution in [-0.2, 0) is 63.4 Å². The second-order valence-corrected chi connectivity index (χ2v) is 13.1. The summed E-state index contributed by atoms with van der Waals surface area (Å²) in [6.07, 6.45) is 8.69. The van der Waals surface area contributed by atoms with Crippen molar-refractivity contribution in [2.24, 2.45) is 0 Å². The first-order valence-corrected chi connectivity index (χ1v) is 19.6. The van der Waals surface area contributed by atoms with Crippen LogP contribution < -0.4 is 0 Å². The molecular weight excluding hydrogens is 768 g/mol. The first-order chi connectivity index (χ1) is 27.7. The van der Waals surface area contributed by atoms with E-state index in [9.17, 15) is 30.3 Å². The quantitative estimate of drug-likeness (QED) is 0.0178. The molecule has 0 bridgehead atoms. The highest BCUT2D eigenvalue weighted by atomic mass is 17.3. The van der Waals surface area contributed by atoms with Gasteiger partial charge in [-0.1, -0.05) is 64.0 Å². The van der Waals surface area contributed by atoms with Crippen LogP contribution >= 0.6 is 0 Å². The normalized spacial score (nSPS) is 15.7. The zero-order valence-corrected chi connectivity index (χ0v) is 33.3. The van der Waals surface area contributed by atoms with Crippen LogP contribution in [0.4, 0.5) is 0 Å². The zero-order valence-electron chi connectivity index (χ0n) is 33.3. The van der Waals surface area contributed by atoms with Crippen molar-refractivity contribution in [3.63, 3.8) is 0 Å². The number of unbranched alkanes of at least 4 members (excludes halogenated alkanes) is 8. The molecular formula is C36H70O21. The second-order valence-electron chi connectivity index (χ2n) is 13.1. The summed E-state index contributed by atoms with van der Waals surface area (Å²) in [6, 6.07) is 0. The van der Waals surface area contributed by atoms with Crippen LogP contribution in [0, 0.1) is 0 Å². The van der Waals surface area contributed by atoms with E-state index in [-0.39, 0.29) is 45.6 Å². The Bertz CT molecular complexity index is 889. The Labute approximate surface area is 334 Å². The van der Waals surface area contributed by atoms with Crippen molar-refractivity contribution in [2.75, 3.05) is 79.3 Å². The molecule has 0 aromatic rings. The van der Waals surface area contributed by atoms with E-state index in [1.54, 1.807) is 0 Å². The van der Waals surface area contributed by atoms with Crippen molar-refractivity contribution in [1.29, 1.82) is 0 Å². The SMILES string of the molecule is CCCCCC[C@@H](O)C/C=C\CCCCCCCC(=O)OOCC(COOCC(CO)OOCC(O)CO)OOCC(COOCC(O)CO)OOCC(O)CO. The summed E-state index contributed by atoms with van der Waals surface area (Å²) in [5, 5.41) is 74.3. The Kier molecular flexibility index (Phi) is 40.1. The molecule has 0 rings (SSSR count). The van der Waals surface area contributed by atoms with Crippen LogP contribution in [-0.4, -0.2) is 169 Å². The molecule has 21 nitrogen and oxygen atoms in total. The highest BCUT2D eigenvalue weighted by molar-refractivity contribution is 5.68. The molecule has 0 heterocycles. The average Bonchev–Trinajstić information content (AvgIpc) is 3.21. The predicted molar refractivity (Wildman–Crippen MR) is 196 cm³/mol. The number of hydrogen-bond acceptors (Lipinski definition) is 21. The Morgan fingerprint density at radius 3 is 1.51 bits per heavy atom. The number of carbonyl (C=O) groups is 1. The van der Waals surface area contributed by atoms with E-state index < -0.39 is 88.8 Å². The van der Waals surface area contributed by atoms with Gasteiger partial charge in [-0.15, -0.1) is 0 Å². The summed E-state index contributed by atoms with van der Waals surface area (Å²) < 4.78 is 0. The lowest BCUT2D eigenvalue weighted by Crippen LogP contribution is -2.32. The van der Waals surface area contributed by atoms with Crippen LogP contribution in [0.2, 0.25) is 0 Å². The van der Waals surface area contributed by atoms with Gasteiger partial charge < -0.3 is 40.9 Å². The fourth-order valence-corrected chi connectivity index (χ4v) is 4.19. The number of aliphatic hydroxyl groups excluding tert-OH is 8. The number of carbonyl (C=O) groups excluding carboxylic acids is 1. The van der Waals surface area contributed by atoms with Crippen LogP contribution in [0.25, 0.3) is 0 Å². The van der Waals surface area contributed by atoms with E-state index in [0.717, 1.165) is 51.4 Å². The molecule has 7 atom stereocenters. The van der Waals surface area contributed by atoms with Crippen molar-refractivity contribution >= 4 is 5.97 Å². The van der Waals surface area contributed by atoms with Gasteiger partial charge in [-0.3, -0.25) is 4.89 Å². The molecule has 0 fully saturated rings. The van der Waals surface area contributed by atoms with Gasteiger partial charge in [0.05, 0.1) is 32.5 Å². The third-order valence-electron chi connectivity index (χ3n) is 7.54. The summed E-state index contributed by atoms with van der Waals surface area (Å²) >= 11 is 0. The minimum atomic E-state index is -1.23. The summed E-state index contributed by atoms with van der Waals surface area (Å²) in [6.45, 7) is -3.07. The standard InChI is InChI=1S/C36H70O21/c1-2-3-4-11-14-29(41)15-12-9-7-5-6-8-10-13-16-36(45)57-53-28-35(26-49-47-24-33(20-40)54-50-22-31(43)18-38)56-52-27-34(55-51-23-32(44)19-39)25-48-46-21-30(42)17-37/h9,12,29-35,37-44H,2-8,10-11,13-28H2,1H3/b12-9-/t29-,30?,31?,32?,33?,34?,35?/m1/s1. The fraction of sp³-hybridized carbons (Fsp3) is 0.917. The van der Waals surface area contributed by atoms with E-state index in [1.807, 2.05) is 6.08 Å². The van der Waals surface area contributed by atoms with Crippen LogP contribution in [0.5, 0.6) is 0 Å². The maximum absolute atomic E-state index is 12.3. The summed E-state index contributed by atoms with van der Waals surface area (Å²) in [5.74, 6) is -0.601. The molecule has 0 saturated carbocycles. The lowest BCUT2D eigenvalue weighted by molar-refractivity contribution is -0.421. The van der Waals surface area contributed by atoms with Crippen molar-refractivity contribution in [3.8, 4) is 0 Å². The number of hydrogen-bond donors (Lipinski definition) is 8. The van der Waals surface area contributed by atoms with Crippen molar-refractivity contribution in [2.45, 2.75) is 133 Å². The molecule has 0 spiro atoms. The van der Waals surface area contributed by atoms with Crippen molar-refractivity contribution < 1.29 is 104 Å². The summed E-state index contributed by atoms with van der Waals surface area (Å²) in [4.78, 5) is 72.1. The fourth-order valence-electron chi connectivity index (χ4n) is 4.19. The molecule has 0 amide bonds. The largest absolute Gasteiger partial charge is 0.394 e. The van der Waals surface area contributed by atoms with Gasteiger partial charge in [-0.2, -0.15) is 4.89 Å². The highest BCUT2D eigenvalue weighted by Crippen LogP contribution is 2.11. The zero-order chi connectivity index (χ0) is 42.2. The molecule has 21 heteroatoms. The molecule has 0 aliphatic carbocycles. The minimum Gasteiger partial charge on any atom is -0.394 e. The average molecular weight is 839 g/mol. The van der Waals surface area contributed by atoms with Crippen LogP contribution in [0.1, 0.15) is 90.4 Å². The molecule has 6 unspecified atom stereocenters. The smallest absolute Gasteiger partial charge is 0.342 e. The third-order valence-corrected chi connectivity index (χ3v) is 7.54. The van der Waals surface area contributed by atoms with Crippen molar-refractivity contribution in [3.05, 3.63) is 12.2 Å². The van der Waals surface area contributed by atoms with E-state index in [0.29, 0.717) is 12.8 Å². The molecule has 340 valence electrons. The molecule has 0 aliphatic rings. The summed E-state index contributed by atoms with van der Waals surface area (Å²) in [7, 11) is 0. The molecule has 0 aliphatic heterocycles. The van der Waals surface area contributed by atoms with Gasteiger partial charge >= 0.3 is 5.97 Å². The van der Waals surface area contributed by atoms with Gasteiger partial charge in [-0.05, 0) is 32.1 Å². The Morgan fingerprint density at radius 1 is 0.474 bits per heavy atom. The number of allylic oxidation sites excluding steroid dienone is 1. The number of aliphatic hydroxyl groups is 8. The highest BCUT2D eigenvalue weighted by Gasteiger charge is 2.20. The maximum Gasteiger partial charge on any atom is 0.342 e. The van der Waals surface area contributed by atoms with E-state index in [2.05, 4.69) is 13.0 Å². The minimum absolute atomic E-state index is 0.124. The Balaban J connectivity index is 4.74. The lowest BCUT2D eigenvalue weighted by Gasteiger charge is -2.20.